The van der Waals surface area contributed by atoms with Crippen molar-refractivity contribution in [2.24, 2.45) is 0 Å². The van der Waals surface area contributed by atoms with Gasteiger partial charge in [0.05, 0.1) is 0 Å². The Morgan fingerprint density at radius 1 is 0.750 bits per heavy atom. The van der Waals surface area contributed by atoms with Gasteiger partial charge in [0.1, 0.15) is 0 Å². The second-order valence-electron chi connectivity index (χ2n) is 4.83. The quantitative estimate of drug-likeness (QED) is 0.520. The smallest absolute Gasteiger partial charge is 0.00132 e. The van der Waals surface area contributed by atoms with E-state index in [1.165, 1.54) is 38.9 Å². The number of hydrogen-bond donors (Lipinski definition) is 0. The minimum Gasteiger partial charge on any atom is -0.0617 e. The molecule has 0 fully saturated rings. The van der Waals surface area contributed by atoms with E-state index in [0.29, 0.717) is 0 Å². The summed E-state index contributed by atoms with van der Waals surface area (Å²) in [7, 11) is 0. The van der Waals surface area contributed by atoms with Crippen LogP contribution in [0, 0.1) is 20.8 Å². The van der Waals surface area contributed by atoms with Gasteiger partial charge in [-0.15, -0.1) is 0 Å². The zero-order valence-corrected chi connectivity index (χ0v) is 10.1. The molecule has 0 N–H and O–H groups in total. The van der Waals surface area contributed by atoms with Crippen molar-refractivity contribution < 1.29 is 0 Å². The molecule has 2 aromatic rings. The monoisotopic (exact) mass is 208 g/mol. The lowest BCUT2D eigenvalue weighted by Gasteiger charge is -2.10. The molecular formula is C16H16. The number of fused-ring (bicyclic) bond motifs is 3. The second kappa shape index (κ2) is 3.21. The van der Waals surface area contributed by atoms with E-state index in [9.17, 15) is 0 Å². The van der Waals surface area contributed by atoms with E-state index in [-0.39, 0.29) is 0 Å². The van der Waals surface area contributed by atoms with E-state index in [4.69, 9.17) is 0 Å². The lowest BCUT2D eigenvalue weighted by Crippen LogP contribution is -1.89. The molecule has 0 amide bonds. The molecule has 16 heavy (non-hydrogen) atoms. The zero-order valence-electron chi connectivity index (χ0n) is 10.1. The summed E-state index contributed by atoms with van der Waals surface area (Å²) in [5.41, 5.74) is 10.2. The first-order valence-electron chi connectivity index (χ1n) is 5.86. The maximum atomic E-state index is 2.29. The van der Waals surface area contributed by atoms with Crippen LogP contribution in [0.3, 0.4) is 0 Å². The van der Waals surface area contributed by atoms with Gasteiger partial charge in [-0.3, -0.25) is 0 Å². The minimum absolute atomic E-state index is 1.10. The van der Waals surface area contributed by atoms with E-state index in [2.05, 4.69) is 51.1 Å². The second-order valence-corrected chi connectivity index (χ2v) is 4.83. The Labute approximate surface area is 96.9 Å². The van der Waals surface area contributed by atoms with Crippen LogP contribution in [0.4, 0.5) is 0 Å². The summed E-state index contributed by atoms with van der Waals surface area (Å²) in [5.74, 6) is 0. The summed E-state index contributed by atoms with van der Waals surface area (Å²) in [4.78, 5) is 0. The maximum absolute atomic E-state index is 2.29. The van der Waals surface area contributed by atoms with Crippen LogP contribution in [-0.4, -0.2) is 0 Å². The van der Waals surface area contributed by atoms with Crippen LogP contribution >= 0.6 is 0 Å². The largest absolute Gasteiger partial charge is 0.0617 e. The minimum atomic E-state index is 1.10. The third-order valence-electron chi connectivity index (χ3n) is 3.81. The first-order valence-corrected chi connectivity index (χ1v) is 5.86. The Morgan fingerprint density at radius 3 is 2.31 bits per heavy atom. The fourth-order valence-corrected chi connectivity index (χ4v) is 2.81. The first-order chi connectivity index (χ1) is 7.68. The molecule has 0 spiro atoms. The van der Waals surface area contributed by atoms with Gasteiger partial charge in [-0.2, -0.15) is 0 Å². The summed E-state index contributed by atoms with van der Waals surface area (Å²) in [6, 6.07) is 11.2. The van der Waals surface area contributed by atoms with Crippen LogP contribution in [-0.2, 0) is 6.42 Å². The van der Waals surface area contributed by atoms with Crippen LogP contribution in [0.25, 0.3) is 11.1 Å². The molecule has 0 aromatic heterocycles. The number of hydrogen-bond acceptors (Lipinski definition) is 0. The molecule has 0 radical (unpaired) electrons. The molecule has 0 unspecified atom stereocenters. The Balaban J connectivity index is 2.39. The first kappa shape index (κ1) is 9.65. The van der Waals surface area contributed by atoms with Gasteiger partial charge in [0.2, 0.25) is 0 Å². The predicted molar refractivity (Wildman–Crippen MR) is 68.9 cm³/mol. The fourth-order valence-electron chi connectivity index (χ4n) is 2.81. The van der Waals surface area contributed by atoms with Crippen molar-refractivity contribution in [3.63, 3.8) is 0 Å². The summed E-state index contributed by atoms with van der Waals surface area (Å²) < 4.78 is 0. The molecule has 0 heteroatoms. The van der Waals surface area contributed by atoms with Crippen molar-refractivity contribution in [1.29, 1.82) is 0 Å². The van der Waals surface area contributed by atoms with E-state index in [1.54, 1.807) is 0 Å². The van der Waals surface area contributed by atoms with Gasteiger partial charge < -0.3 is 0 Å². The third kappa shape index (κ3) is 1.16. The number of rotatable bonds is 0. The van der Waals surface area contributed by atoms with E-state index >= 15 is 0 Å². The Bertz CT molecular complexity index is 577. The molecule has 0 heterocycles. The summed E-state index contributed by atoms with van der Waals surface area (Å²) in [5, 5.41) is 0. The molecule has 0 saturated heterocycles. The highest BCUT2D eigenvalue weighted by Gasteiger charge is 2.21. The summed E-state index contributed by atoms with van der Waals surface area (Å²) in [6.07, 6.45) is 1.10. The van der Waals surface area contributed by atoms with Crippen molar-refractivity contribution in [3.8, 4) is 11.1 Å². The fraction of sp³-hybridized carbons (Fsp3) is 0.250. The van der Waals surface area contributed by atoms with E-state index in [0.717, 1.165) is 6.42 Å². The molecule has 0 nitrogen and oxygen atoms in total. The molecule has 0 saturated carbocycles. The Morgan fingerprint density at radius 2 is 1.50 bits per heavy atom. The van der Waals surface area contributed by atoms with Crippen LogP contribution in [0.2, 0.25) is 0 Å². The predicted octanol–water partition coefficient (Wildman–Crippen LogP) is 4.18. The van der Waals surface area contributed by atoms with Crippen LogP contribution in [0.15, 0.2) is 30.3 Å². The van der Waals surface area contributed by atoms with Gasteiger partial charge >= 0.3 is 0 Å². The molecule has 3 rings (SSSR count). The topological polar surface area (TPSA) is 0 Å². The Hall–Kier alpha value is -1.56. The van der Waals surface area contributed by atoms with E-state index in [1.807, 2.05) is 0 Å². The van der Waals surface area contributed by atoms with E-state index < -0.39 is 0 Å². The molecular weight excluding hydrogens is 192 g/mol. The molecule has 0 aliphatic heterocycles. The zero-order chi connectivity index (χ0) is 11.3. The molecule has 1 aliphatic carbocycles. The van der Waals surface area contributed by atoms with Gasteiger partial charge in [-0.25, -0.2) is 0 Å². The molecule has 2 aromatic carbocycles. The SMILES string of the molecule is Cc1ccc2c(c1C)-c1c(C)cccc1C2. The van der Waals surface area contributed by atoms with Crippen LogP contribution < -0.4 is 0 Å². The summed E-state index contributed by atoms with van der Waals surface area (Å²) in [6.45, 7) is 6.66. The Kier molecular flexibility index (Phi) is 1.94. The van der Waals surface area contributed by atoms with Gasteiger partial charge in [0, 0.05) is 0 Å². The van der Waals surface area contributed by atoms with Crippen molar-refractivity contribution in [3.05, 3.63) is 58.1 Å². The summed E-state index contributed by atoms with van der Waals surface area (Å²) >= 11 is 0. The van der Waals surface area contributed by atoms with Crippen LogP contribution in [0.1, 0.15) is 27.8 Å². The normalized spacial score (nSPS) is 12.4. The van der Waals surface area contributed by atoms with Gasteiger partial charge in [0.25, 0.3) is 0 Å². The van der Waals surface area contributed by atoms with Crippen molar-refractivity contribution in [1.82, 2.24) is 0 Å². The maximum Gasteiger partial charge on any atom is -0.00132 e. The number of aryl methyl sites for hydroxylation is 2. The van der Waals surface area contributed by atoms with Gasteiger partial charge in [-0.1, -0.05) is 30.3 Å². The van der Waals surface area contributed by atoms with Gasteiger partial charge in [0.15, 0.2) is 0 Å². The van der Waals surface area contributed by atoms with Crippen molar-refractivity contribution in [2.45, 2.75) is 27.2 Å². The number of benzene rings is 2. The van der Waals surface area contributed by atoms with Crippen molar-refractivity contribution in [2.75, 3.05) is 0 Å². The standard InChI is InChI=1S/C16H16/c1-10-7-8-14-9-13-6-4-5-11(2)15(13)16(14)12(10)3/h4-8H,9H2,1-3H3. The highest BCUT2D eigenvalue weighted by molar-refractivity contribution is 5.82. The molecule has 80 valence electrons. The van der Waals surface area contributed by atoms with Crippen LogP contribution in [0.5, 0.6) is 0 Å². The lowest BCUT2D eigenvalue weighted by molar-refractivity contribution is 1.24. The molecule has 1 aliphatic rings. The average molecular weight is 208 g/mol. The molecule has 0 atom stereocenters. The highest BCUT2D eigenvalue weighted by atomic mass is 14.3. The average Bonchev–Trinajstić information content (AvgIpc) is 2.64. The molecule has 0 bridgehead atoms. The van der Waals surface area contributed by atoms with Crippen molar-refractivity contribution >= 4 is 0 Å². The lowest BCUT2D eigenvalue weighted by atomic mass is 9.94. The van der Waals surface area contributed by atoms with Gasteiger partial charge in [-0.05, 0) is 66.1 Å². The highest BCUT2D eigenvalue weighted by Crippen LogP contribution is 2.41. The third-order valence-corrected chi connectivity index (χ3v) is 3.81.